The number of ether oxygens (including phenoxy) is 1. The predicted octanol–water partition coefficient (Wildman–Crippen LogP) is 3.61. The molecule has 3 heteroatoms. The van der Waals surface area contributed by atoms with Crippen LogP contribution >= 0.6 is 0 Å². The van der Waals surface area contributed by atoms with Crippen LogP contribution in [0.5, 0.6) is 5.75 Å². The third kappa shape index (κ3) is 2.92. The van der Waals surface area contributed by atoms with E-state index in [0.29, 0.717) is 13.0 Å². The molecule has 1 aliphatic heterocycles. The van der Waals surface area contributed by atoms with Crippen molar-refractivity contribution in [2.75, 3.05) is 18.6 Å². The monoisotopic (exact) mass is 281 g/mol. The summed E-state index contributed by atoms with van der Waals surface area (Å²) in [5.41, 5.74) is 2.08. The first-order valence-electron chi connectivity index (χ1n) is 7.29. The van der Waals surface area contributed by atoms with Crippen LogP contribution < -0.4 is 9.64 Å². The molecule has 0 saturated heterocycles. The van der Waals surface area contributed by atoms with Crippen molar-refractivity contribution in [3.63, 3.8) is 0 Å². The molecule has 2 aromatic carbocycles. The number of fused-ring (bicyclic) bond motifs is 1. The number of benzene rings is 2. The lowest BCUT2D eigenvalue weighted by Crippen LogP contribution is -2.29. The van der Waals surface area contributed by atoms with Crippen LogP contribution in [0.3, 0.4) is 0 Å². The second-order valence-corrected chi connectivity index (χ2v) is 5.36. The Morgan fingerprint density at radius 2 is 1.86 bits per heavy atom. The van der Waals surface area contributed by atoms with Gasteiger partial charge >= 0.3 is 0 Å². The second kappa shape index (κ2) is 6.00. The van der Waals surface area contributed by atoms with Crippen molar-refractivity contribution in [3.05, 3.63) is 60.2 Å². The fourth-order valence-corrected chi connectivity index (χ4v) is 2.77. The summed E-state index contributed by atoms with van der Waals surface area (Å²) in [4.78, 5) is 14.2. The van der Waals surface area contributed by atoms with Crippen LogP contribution in [-0.2, 0) is 4.79 Å². The SMILES string of the molecule is CN(C(=O)CC1CCOc2ccccc21)c1ccccc1. The summed E-state index contributed by atoms with van der Waals surface area (Å²) in [7, 11) is 1.84. The summed E-state index contributed by atoms with van der Waals surface area (Å²) >= 11 is 0. The van der Waals surface area contributed by atoms with Crippen molar-refractivity contribution in [1.82, 2.24) is 0 Å². The van der Waals surface area contributed by atoms with Gasteiger partial charge in [-0.3, -0.25) is 4.79 Å². The van der Waals surface area contributed by atoms with E-state index in [1.54, 1.807) is 4.90 Å². The number of amides is 1. The number of anilines is 1. The van der Waals surface area contributed by atoms with Gasteiger partial charge in [-0.1, -0.05) is 36.4 Å². The highest BCUT2D eigenvalue weighted by Crippen LogP contribution is 2.35. The van der Waals surface area contributed by atoms with Crippen LogP contribution in [0.1, 0.15) is 24.3 Å². The van der Waals surface area contributed by atoms with E-state index in [4.69, 9.17) is 4.74 Å². The third-order valence-corrected chi connectivity index (χ3v) is 4.02. The van der Waals surface area contributed by atoms with Crippen LogP contribution in [-0.4, -0.2) is 19.6 Å². The standard InChI is InChI=1S/C18H19NO2/c1-19(15-7-3-2-4-8-15)18(20)13-14-11-12-21-17-10-6-5-9-16(14)17/h2-10,14H,11-13H2,1H3. The second-order valence-electron chi connectivity index (χ2n) is 5.36. The summed E-state index contributed by atoms with van der Waals surface area (Å²) in [6, 6.07) is 17.8. The summed E-state index contributed by atoms with van der Waals surface area (Å²) in [6.45, 7) is 0.685. The van der Waals surface area contributed by atoms with Gasteiger partial charge in [0, 0.05) is 19.2 Å². The highest BCUT2D eigenvalue weighted by atomic mass is 16.5. The molecular formula is C18H19NO2. The van der Waals surface area contributed by atoms with E-state index in [-0.39, 0.29) is 11.8 Å². The molecule has 1 amide bonds. The lowest BCUT2D eigenvalue weighted by molar-refractivity contribution is -0.118. The van der Waals surface area contributed by atoms with Gasteiger partial charge in [-0.2, -0.15) is 0 Å². The van der Waals surface area contributed by atoms with E-state index in [0.717, 1.165) is 23.4 Å². The molecule has 1 unspecified atom stereocenters. The van der Waals surface area contributed by atoms with Crippen LogP contribution in [0, 0.1) is 0 Å². The van der Waals surface area contributed by atoms with Crippen molar-refractivity contribution in [2.45, 2.75) is 18.8 Å². The van der Waals surface area contributed by atoms with E-state index in [1.807, 2.05) is 55.6 Å². The highest BCUT2D eigenvalue weighted by Gasteiger charge is 2.25. The van der Waals surface area contributed by atoms with Gasteiger partial charge in [0.2, 0.25) is 5.91 Å². The van der Waals surface area contributed by atoms with Gasteiger partial charge in [-0.25, -0.2) is 0 Å². The van der Waals surface area contributed by atoms with Gasteiger partial charge in [0.05, 0.1) is 6.61 Å². The lowest BCUT2D eigenvalue weighted by atomic mass is 9.90. The first-order chi connectivity index (χ1) is 10.3. The van der Waals surface area contributed by atoms with E-state index in [2.05, 4.69) is 6.07 Å². The maximum absolute atomic E-state index is 12.5. The fraction of sp³-hybridized carbons (Fsp3) is 0.278. The molecule has 2 aromatic rings. The predicted molar refractivity (Wildman–Crippen MR) is 83.8 cm³/mol. The minimum absolute atomic E-state index is 0.142. The molecule has 108 valence electrons. The summed E-state index contributed by atoms with van der Waals surface area (Å²) < 4.78 is 5.66. The zero-order chi connectivity index (χ0) is 14.7. The largest absolute Gasteiger partial charge is 0.493 e. The number of hydrogen-bond donors (Lipinski definition) is 0. The summed E-state index contributed by atoms with van der Waals surface area (Å²) in [5, 5.41) is 0. The first-order valence-corrected chi connectivity index (χ1v) is 7.29. The van der Waals surface area contributed by atoms with E-state index < -0.39 is 0 Å². The van der Waals surface area contributed by atoms with Gasteiger partial charge in [-0.15, -0.1) is 0 Å². The van der Waals surface area contributed by atoms with Gasteiger partial charge in [0.1, 0.15) is 5.75 Å². The summed E-state index contributed by atoms with van der Waals surface area (Å²) in [5.74, 6) is 1.31. The van der Waals surface area contributed by atoms with Crippen LogP contribution in [0.2, 0.25) is 0 Å². The van der Waals surface area contributed by atoms with Gasteiger partial charge in [0.25, 0.3) is 0 Å². The van der Waals surface area contributed by atoms with Crippen molar-refractivity contribution >= 4 is 11.6 Å². The highest BCUT2D eigenvalue weighted by molar-refractivity contribution is 5.93. The quantitative estimate of drug-likeness (QED) is 0.860. The van der Waals surface area contributed by atoms with Gasteiger partial charge in [-0.05, 0) is 36.1 Å². The van der Waals surface area contributed by atoms with Crippen molar-refractivity contribution in [1.29, 1.82) is 0 Å². The van der Waals surface area contributed by atoms with Gasteiger partial charge < -0.3 is 9.64 Å². The molecule has 0 N–H and O–H groups in total. The number of carbonyl (C=O) groups is 1. The fourth-order valence-electron chi connectivity index (χ4n) is 2.77. The number of hydrogen-bond acceptors (Lipinski definition) is 2. The Hall–Kier alpha value is -2.29. The Balaban J connectivity index is 1.74. The smallest absolute Gasteiger partial charge is 0.227 e. The molecule has 0 fully saturated rings. The zero-order valence-electron chi connectivity index (χ0n) is 12.2. The minimum atomic E-state index is 0.142. The van der Waals surface area contributed by atoms with E-state index >= 15 is 0 Å². The number of carbonyl (C=O) groups excluding carboxylic acids is 1. The normalized spacial score (nSPS) is 16.7. The Morgan fingerprint density at radius 1 is 1.14 bits per heavy atom. The first kappa shape index (κ1) is 13.7. The Morgan fingerprint density at radius 3 is 2.67 bits per heavy atom. The van der Waals surface area contributed by atoms with Crippen molar-refractivity contribution in [2.24, 2.45) is 0 Å². The molecule has 3 nitrogen and oxygen atoms in total. The van der Waals surface area contributed by atoms with E-state index in [9.17, 15) is 4.79 Å². The van der Waals surface area contributed by atoms with Crippen molar-refractivity contribution < 1.29 is 9.53 Å². The molecule has 0 saturated carbocycles. The topological polar surface area (TPSA) is 29.5 Å². The maximum Gasteiger partial charge on any atom is 0.227 e. The average Bonchev–Trinajstić information content (AvgIpc) is 2.55. The molecular weight excluding hydrogens is 262 g/mol. The molecule has 21 heavy (non-hydrogen) atoms. The zero-order valence-corrected chi connectivity index (χ0v) is 12.2. The van der Waals surface area contributed by atoms with Gasteiger partial charge in [0.15, 0.2) is 0 Å². The lowest BCUT2D eigenvalue weighted by Gasteiger charge is -2.27. The molecule has 0 aromatic heterocycles. The molecule has 0 spiro atoms. The maximum atomic E-state index is 12.5. The Labute approximate surface area is 125 Å². The third-order valence-electron chi connectivity index (χ3n) is 4.02. The van der Waals surface area contributed by atoms with Crippen LogP contribution in [0.25, 0.3) is 0 Å². The van der Waals surface area contributed by atoms with E-state index in [1.165, 1.54) is 0 Å². The molecule has 1 aliphatic rings. The molecule has 1 heterocycles. The molecule has 0 bridgehead atoms. The number of nitrogens with zero attached hydrogens (tertiary/aromatic N) is 1. The molecule has 0 radical (unpaired) electrons. The number of para-hydroxylation sites is 2. The molecule has 1 atom stereocenters. The molecule has 3 rings (SSSR count). The Kier molecular flexibility index (Phi) is 3.91. The summed E-state index contributed by atoms with van der Waals surface area (Å²) in [6.07, 6.45) is 1.41. The van der Waals surface area contributed by atoms with Crippen LogP contribution in [0.4, 0.5) is 5.69 Å². The number of rotatable bonds is 3. The van der Waals surface area contributed by atoms with Crippen LogP contribution in [0.15, 0.2) is 54.6 Å². The Bertz CT molecular complexity index is 624. The minimum Gasteiger partial charge on any atom is -0.493 e. The molecule has 0 aliphatic carbocycles. The van der Waals surface area contributed by atoms with Crippen molar-refractivity contribution in [3.8, 4) is 5.75 Å². The average molecular weight is 281 g/mol.